The first kappa shape index (κ1) is 11.9. The largest absolute Gasteiger partial charge is 0.328 e. The van der Waals surface area contributed by atoms with E-state index in [2.05, 4.69) is 32.7 Å². The highest BCUT2D eigenvalue weighted by Crippen LogP contribution is 2.01. The number of hydrogen-bond donors (Lipinski definition) is 1. The summed E-state index contributed by atoms with van der Waals surface area (Å²) in [7, 11) is 2.18. The Morgan fingerprint density at radius 3 is 2.17 bits per heavy atom. The summed E-state index contributed by atoms with van der Waals surface area (Å²) >= 11 is 0. The van der Waals surface area contributed by atoms with Crippen molar-refractivity contribution in [2.24, 2.45) is 5.73 Å². The minimum Gasteiger partial charge on any atom is -0.328 e. The van der Waals surface area contributed by atoms with Gasteiger partial charge in [-0.05, 0) is 47.2 Å². The molecular weight excluding hydrogens is 148 g/mol. The Balaban J connectivity index is 3.20. The summed E-state index contributed by atoms with van der Waals surface area (Å²) < 4.78 is 0. The van der Waals surface area contributed by atoms with Crippen LogP contribution in [0.1, 0.15) is 40.0 Å². The molecule has 0 aromatic carbocycles. The Kier molecular flexibility index (Phi) is 6.39. The van der Waals surface area contributed by atoms with Gasteiger partial charge in [0.2, 0.25) is 0 Å². The fraction of sp³-hybridized carbons (Fsp3) is 1.00. The number of hydrogen-bond acceptors (Lipinski definition) is 2. The van der Waals surface area contributed by atoms with E-state index in [9.17, 15) is 0 Å². The van der Waals surface area contributed by atoms with E-state index in [4.69, 9.17) is 5.73 Å². The van der Waals surface area contributed by atoms with Gasteiger partial charge in [-0.1, -0.05) is 6.42 Å². The number of nitrogens with zero attached hydrogens (tertiary/aromatic N) is 1. The molecule has 0 saturated heterocycles. The van der Waals surface area contributed by atoms with Crippen LogP contribution < -0.4 is 5.73 Å². The molecule has 0 saturated carbocycles. The Morgan fingerprint density at radius 2 is 1.75 bits per heavy atom. The van der Waals surface area contributed by atoms with Crippen molar-refractivity contribution < 1.29 is 0 Å². The molecule has 2 nitrogen and oxygen atoms in total. The number of nitrogens with two attached hydrogens (primary N) is 1. The topological polar surface area (TPSA) is 29.3 Å². The molecule has 2 N–H and O–H groups in total. The van der Waals surface area contributed by atoms with E-state index in [1.807, 2.05) is 0 Å². The molecule has 0 fully saturated rings. The van der Waals surface area contributed by atoms with Gasteiger partial charge in [0.05, 0.1) is 0 Å². The normalized spacial score (nSPS) is 14.2. The van der Waals surface area contributed by atoms with Gasteiger partial charge in [-0.15, -0.1) is 0 Å². The summed E-state index contributed by atoms with van der Waals surface area (Å²) in [6.07, 6.45) is 3.69. The first-order valence-corrected chi connectivity index (χ1v) is 5.00. The molecule has 1 atom stereocenters. The Morgan fingerprint density at radius 1 is 1.17 bits per heavy atom. The average molecular weight is 172 g/mol. The van der Waals surface area contributed by atoms with Crippen molar-refractivity contribution in [3.05, 3.63) is 0 Å². The second kappa shape index (κ2) is 6.44. The van der Waals surface area contributed by atoms with Gasteiger partial charge >= 0.3 is 0 Å². The van der Waals surface area contributed by atoms with E-state index in [1.54, 1.807) is 0 Å². The van der Waals surface area contributed by atoms with Crippen molar-refractivity contribution in [1.82, 2.24) is 4.90 Å². The first-order valence-electron chi connectivity index (χ1n) is 5.00. The van der Waals surface area contributed by atoms with Crippen LogP contribution in [-0.4, -0.2) is 30.6 Å². The summed E-state index contributed by atoms with van der Waals surface area (Å²) in [4.78, 5) is 2.38. The lowest BCUT2D eigenvalue weighted by atomic mass is 10.1. The molecule has 0 aliphatic heterocycles. The molecule has 0 amide bonds. The van der Waals surface area contributed by atoms with Crippen LogP contribution >= 0.6 is 0 Å². The van der Waals surface area contributed by atoms with Crippen LogP contribution in [0.15, 0.2) is 0 Å². The van der Waals surface area contributed by atoms with E-state index in [0.29, 0.717) is 12.1 Å². The lowest BCUT2D eigenvalue weighted by molar-refractivity contribution is 0.266. The molecule has 0 spiro atoms. The Hall–Kier alpha value is -0.0800. The summed E-state index contributed by atoms with van der Waals surface area (Å²) in [5, 5.41) is 0. The molecule has 2 heteroatoms. The van der Waals surface area contributed by atoms with Crippen molar-refractivity contribution in [3.8, 4) is 0 Å². The van der Waals surface area contributed by atoms with Crippen LogP contribution in [0.2, 0.25) is 0 Å². The van der Waals surface area contributed by atoms with Crippen molar-refractivity contribution in [2.75, 3.05) is 13.6 Å². The van der Waals surface area contributed by atoms with Crippen molar-refractivity contribution in [3.63, 3.8) is 0 Å². The van der Waals surface area contributed by atoms with Crippen molar-refractivity contribution in [2.45, 2.75) is 52.1 Å². The maximum absolute atomic E-state index is 5.66. The highest BCUT2D eigenvalue weighted by molar-refractivity contribution is 4.58. The van der Waals surface area contributed by atoms with Gasteiger partial charge in [0.15, 0.2) is 0 Å². The van der Waals surface area contributed by atoms with Gasteiger partial charge in [0.1, 0.15) is 0 Å². The van der Waals surface area contributed by atoms with Gasteiger partial charge < -0.3 is 10.6 Å². The van der Waals surface area contributed by atoms with E-state index in [0.717, 1.165) is 6.42 Å². The van der Waals surface area contributed by atoms with E-state index >= 15 is 0 Å². The molecule has 0 aromatic heterocycles. The van der Waals surface area contributed by atoms with E-state index in [1.165, 1.54) is 19.4 Å². The first-order chi connectivity index (χ1) is 5.54. The predicted molar refractivity (Wildman–Crippen MR) is 55.3 cm³/mol. The third-order valence-electron chi connectivity index (χ3n) is 2.30. The quantitative estimate of drug-likeness (QED) is 0.619. The van der Waals surface area contributed by atoms with Crippen molar-refractivity contribution in [1.29, 1.82) is 0 Å². The molecular formula is C10H24N2. The third kappa shape index (κ3) is 6.62. The molecule has 0 radical (unpaired) electrons. The minimum atomic E-state index is 0.370. The smallest absolute Gasteiger partial charge is 0.00355 e. The third-order valence-corrected chi connectivity index (χ3v) is 2.30. The minimum absolute atomic E-state index is 0.370. The van der Waals surface area contributed by atoms with E-state index < -0.39 is 0 Å². The number of unbranched alkanes of at least 4 members (excludes halogenated alkanes) is 1. The molecule has 0 aliphatic rings. The molecule has 0 aliphatic carbocycles. The van der Waals surface area contributed by atoms with E-state index in [-0.39, 0.29) is 0 Å². The Labute approximate surface area is 77.1 Å². The zero-order valence-electron chi connectivity index (χ0n) is 9.01. The summed E-state index contributed by atoms with van der Waals surface area (Å²) in [6, 6.07) is 1.04. The van der Waals surface area contributed by atoms with Gasteiger partial charge in [0, 0.05) is 12.1 Å². The van der Waals surface area contributed by atoms with Gasteiger partial charge in [-0.25, -0.2) is 0 Å². The monoisotopic (exact) mass is 172 g/mol. The second-order valence-corrected chi connectivity index (χ2v) is 4.05. The van der Waals surface area contributed by atoms with Crippen LogP contribution in [0, 0.1) is 0 Å². The van der Waals surface area contributed by atoms with Gasteiger partial charge in [-0.3, -0.25) is 0 Å². The van der Waals surface area contributed by atoms with Crippen LogP contribution in [0.25, 0.3) is 0 Å². The second-order valence-electron chi connectivity index (χ2n) is 4.05. The lowest BCUT2D eigenvalue weighted by Crippen LogP contribution is -2.27. The molecule has 12 heavy (non-hydrogen) atoms. The summed E-state index contributed by atoms with van der Waals surface area (Å²) in [6.45, 7) is 7.73. The van der Waals surface area contributed by atoms with Crippen LogP contribution in [0.5, 0.6) is 0 Å². The van der Waals surface area contributed by atoms with Crippen molar-refractivity contribution >= 4 is 0 Å². The standard InChI is InChI=1S/C10H24N2/c1-9(2)12(4)8-6-5-7-10(3)11/h9-10H,5-8,11H2,1-4H3/t10-/m0/s1. The highest BCUT2D eigenvalue weighted by atomic mass is 15.1. The summed E-state index contributed by atoms with van der Waals surface area (Å²) in [5.41, 5.74) is 5.66. The fourth-order valence-electron chi connectivity index (χ4n) is 1.09. The Bertz CT molecular complexity index is 100. The van der Waals surface area contributed by atoms with Crippen LogP contribution in [0.4, 0.5) is 0 Å². The molecule has 0 rings (SSSR count). The molecule has 0 heterocycles. The van der Waals surface area contributed by atoms with Crippen LogP contribution in [0.3, 0.4) is 0 Å². The molecule has 74 valence electrons. The molecule has 0 bridgehead atoms. The maximum atomic E-state index is 5.66. The van der Waals surface area contributed by atoms with Crippen LogP contribution in [-0.2, 0) is 0 Å². The fourth-order valence-corrected chi connectivity index (χ4v) is 1.09. The zero-order valence-corrected chi connectivity index (χ0v) is 9.01. The number of rotatable bonds is 6. The van der Waals surface area contributed by atoms with Gasteiger partial charge in [-0.2, -0.15) is 0 Å². The zero-order chi connectivity index (χ0) is 9.56. The average Bonchev–Trinajstić information content (AvgIpc) is 1.97. The highest BCUT2D eigenvalue weighted by Gasteiger charge is 2.02. The lowest BCUT2D eigenvalue weighted by Gasteiger charge is -2.20. The SMILES string of the molecule is CC(C)N(C)CCCC[C@H](C)N. The maximum Gasteiger partial charge on any atom is 0.00355 e. The summed E-state index contributed by atoms with van der Waals surface area (Å²) in [5.74, 6) is 0. The van der Waals surface area contributed by atoms with Gasteiger partial charge in [0.25, 0.3) is 0 Å². The molecule has 0 aromatic rings. The molecule has 0 unspecified atom stereocenters. The predicted octanol–water partition coefficient (Wildman–Crippen LogP) is 1.84.